The lowest BCUT2D eigenvalue weighted by atomic mass is 10.2. The molecule has 0 saturated carbocycles. The van der Waals surface area contributed by atoms with E-state index in [1.165, 1.54) is 20.3 Å². The molecule has 0 spiro atoms. The lowest BCUT2D eigenvalue weighted by Crippen LogP contribution is -1.98. The number of nitro groups is 1. The van der Waals surface area contributed by atoms with Crippen LogP contribution in [0, 0.1) is 15.9 Å². The molecule has 1 aromatic carbocycles. The maximum Gasteiger partial charge on any atom is 0.308 e. The van der Waals surface area contributed by atoms with Gasteiger partial charge >= 0.3 is 5.69 Å². The van der Waals surface area contributed by atoms with Crippen LogP contribution < -0.4 is 9.47 Å². The Kier molecular flexibility index (Phi) is 2.85. The lowest BCUT2D eigenvalue weighted by Gasteiger charge is -2.07. The van der Waals surface area contributed by atoms with Gasteiger partial charge in [-0.25, -0.2) is 0 Å². The second-order valence-electron chi connectivity index (χ2n) is 2.39. The first kappa shape index (κ1) is 10.2. The monoisotopic (exact) mass is 201 g/mol. The Morgan fingerprint density at radius 3 is 2.43 bits per heavy atom. The van der Waals surface area contributed by atoms with Crippen molar-refractivity contribution in [2.24, 2.45) is 0 Å². The second kappa shape index (κ2) is 3.91. The summed E-state index contributed by atoms with van der Waals surface area (Å²) in [5.74, 6) is -1.17. The van der Waals surface area contributed by atoms with Crippen LogP contribution in [-0.4, -0.2) is 19.1 Å². The SMILES string of the molecule is COc1ccc([N+](=O)[O-])c(F)c1OC. The Balaban J connectivity index is 3.34. The maximum absolute atomic E-state index is 13.3. The van der Waals surface area contributed by atoms with Crippen molar-refractivity contribution >= 4 is 5.69 Å². The van der Waals surface area contributed by atoms with Gasteiger partial charge in [0.25, 0.3) is 0 Å². The number of hydrogen-bond donors (Lipinski definition) is 0. The first-order valence-corrected chi connectivity index (χ1v) is 3.66. The Hall–Kier alpha value is -1.85. The number of nitrogens with zero attached hydrogens (tertiary/aromatic N) is 1. The molecule has 0 heterocycles. The molecule has 0 atom stereocenters. The van der Waals surface area contributed by atoms with Gasteiger partial charge < -0.3 is 9.47 Å². The predicted octanol–water partition coefficient (Wildman–Crippen LogP) is 1.75. The van der Waals surface area contributed by atoms with Crippen molar-refractivity contribution in [3.05, 3.63) is 28.1 Å². The van der Waals surface area contributed by atoms with E-state index >= 15 is 0 Å². The van der Waals surface area contributed by atoms with Crippen LogP contribution in [0.25, 0.3) is 0 Å². The molecule has 6 heteroatoms. The van der Waals surface area contributed by atoms with Crippen molar-refractivity contribution in [3.63, 3.8) is 0 Å². The van der Waals surface area contributed by atoms with E-state index in [1.807, 2.05) is 0 Å². The van der Waals surface area contributed by atoms with Gasteiger partial charge in [-0.2, -0.15) is 4.39 Å². The third-order valence-electron chi connectivity index (χ3n) is 1.66. The average Bonchev–Trinajstić information content (AvgIpc) is 2.16. The van der Waals surface area contributed by atoms with Crippen LogP contribution in [0.3, 0.4) is 0 Å². The summed E-state index contributed by atoms with van der Waals surface area (Å²) >= 11 is 0. The third-order valence-corrected chi connectivity index (χ3v) is 1.66. The molecule has 1 rings (SSSR count). The van der Waals surface area contributed by atoms with Crippen molar-refractivity contribution in [2.75, 3.05) is 14.2 Å². The molecule has 0 aliphatic heterocycles. The summed E-state index contributed by atoms with van der Waals surface area (Å²) in [5, 5.41) is 10.4. The molecule has 5 nitrogen and oxygen atoms in total. The number of hydrogen-bond acceptors (Lipinski definition) is 4. The average molecular weight is 201 g/mol. The topological polar surface area (TPSA) is 61.6 Å². The zero-order valence-electron chi connectivity index (χ0n) is 7.61. The minimum atomic E-state index is -1.03. The Morgan fingerprint density at radius 2 is 2.00 bits per heavy atom. The molecular weight excluding hydrogens is 193 g/mol. The third kappa shape index (κ3) is 1.59. The quantitative estimate of drug-likeness (QED) is 0.552. The van der Waals surface area contributed by atoms with E-state index in [4.69, 9.17) is 4.74 Å². The van der Waals surface area contributed by atoms with E-state index in [0.717, 1.165) is 6.07 Å². The fourth-order valence-electron chi connectivity index (χ4n) is 1.02. The summed E-state index contributed by atoms with van der Waals surface area (Å²) in [4.78, 5) is 9.54. The zero-order valence-corrected chi connectivity index (χ0v) is 7.61. The van der Waals surface area contributed by atoms with E-state index in [9.17, 15) is 14.5 Å². The highest BCUT2D eigenvalue weighted by molar-refractivity contribution is 5.50. The van der Waals surface area contributed by atoms with Gasteiger partial charge in [-0.3, -0.25) is 10.1 Å². The fraction of sp³-hybridized carbons (Fsp3) is 0.250. The molecule has 0 saturated heterocycles. The van der Waals surface area contributed by atoms with Crippen molar-refractivity contribution in [2.45, 2.75) is 0 Å². The van der Waals surface area contributed by atoms with E-state index in [-0.39, 0.29) is 11.5 Å². The number of benzene rings is 1. The Morgan fingerprint density at radius 1 is 1.36 bits per heavy atom. The van der Waals surface area contributed by atoms with E-state index in [0.29, 0.717) is 0 Å². The smallest absolute Gasteiger partial charge is 0.308 e. The molecule has 0 bridgehead atoms. The van der Waals surface area contributed by atoms with Gasteiger partial charge in [0, 0.05) is 6.07 Å². The number of methoxy groups -OCH3 is 2. The van der Waals surface area contributed by atoms with Crippen LogP contribution in [0.4, 0.5) is 10.1 Å². The van der Waals surface area contributed by atoms with Gasteiger partial charge in [-0.15, -0.1) is 0 Å². The van der Waals surface area contributed by atoms with E-state index in [1.54, 1.807) is 0 Å². The van der Waals surface area contributed by atoms with Crippen LogP contribution in [-0.2, 0) is 0 Å². The van der Waals surface area contributed by atoms with Crippen molar-refractivity contribution in [1.29, 1.82) is 0 Å². The highest BCUT2D eigenvalue weighted by Gasteiger charge is 2.22. The van der Waals surface area contributed by atoms with Crippen molar-refractivity contribution in [3.8, 4) is 11.5 Å². The van der Waals surface area contributed by atoms with Gasteiger partial charge in [-0.1, -0.05) is 0 Å². The number of ether oxygens (including phenoxy) is 2. The summed E-state index contributed by atoms with van der Waals surface area (Å²) < 4.78 is 22.7. The molecule has 0 N–H and O–H groups in total. The minimum absolute atomic E-state index is 0.121. The first-order chi connectivity index (χ1) is 6.61. The van der Waals surface area contributed by atoms with Crippen LogP contribution in [0.1, 0.15) is 0 Å². The van der Waals surface area contributed by atoms with Gasteiger partial charge in [0.05, 0.1) is 19.1 Å². The van der Waals surface area contributed by atoms with Crippen molar-refractivity contribution < 1.29 is 18.8 Å². The molecule has 0 radical (unpaired) electrons. The second-order valence-corrected chi connectivity index (χ2v) is 2.39. The molecule has 76 valence electrons. The normalized spacial score (nSPS) is 9.64. The van der Waals surface area contributed by atoms with Gasteiger partial charge in [0.15, 0.2) is 5.75 Å². The van der Waals surface area contributed by atoms with Crippen LogP contribution in [0.5, 0.6) is 11.5 Å². The first-order valence-electron chi connectivity index (χ1n) is 3.66. The Labute approximate surface area is 79.2 Å². The number of halogens is 1. The summed E-state index contributed by atoms with van der Waals surface area (Å²) in [6, 6.07) is 2.30. The van der Waals surface area contributed by atoms with E-state index < -0.39 is 16.4 Å². The highest BCUT2D eigenvalue weighted by Crippen LogP contribution is 2.35. The van der Waals surface area contributed by atoms with Gasteiger partial charge in [0.2, 0.25) is 11.6 Å². The largest absolute Gasteiger partial charge is 0.493 e. The molecule has 0 aliphatic carbocycles. The summed E-state index contributed by atoms with van der Waals surface area (Å²) in [5.41, 5.74) is -0.636. The van der Waals surface area contributed by atoms with Gasteiger partial charge in [0.1, 0.15) is 0 Å². The molecule has 14 heavy (non-hydrogen) atoms. The number of rotatable bonds is 3. The van der Waals surface area contributed by atoms with Crippen LogP contribution in [0.2, 0.25) is 0 Å². The molecular formula is C8H8FNO4. The Bertz CT molecular complexity index is 367. The predicted molar refractivity (Wildman–Crippen MR) is 46.2 cm³/mol. The molecule has 0 unspecified atom stereocenters. The lowest BCUT2D eigenvalue weighted by molar-refractivity contribution is -0.387. The standard InChI is InChI=1S/C8H8FNO4/c1-13-6-4-3-5(10(11)12)7(9)8(6)14-2/h3-4H,1-2H3. The number of nitro benzene ring substituents is 1. The van der Waals surface area contributed by atoms with Crippen LogP contribution in [0.15, 0.2) is 12.1 Å². The molecule has 0 aromatic heterocycles. The molecule has 0 aliphatic rings. The zero-order chi connectivity index (χ0) is 10.7. The summed E-state index contributed by atoms with van der Waals surface area (Å²) in [6.07, 6.45) is 0. The van der Waals surface area contributed by atoms with E-state index in [2.05, 4.69) is 4.74 Å². The molecule has 0 fully saturated rings. The van der Waals surface area contributed by atoms with Crippen molar-refractivity contribution in [1.82, 2.24) is 0 Å². The molecule has 0 amide bonds. The highest BCUT2D eigenvalue weighted by atomic mass is 19.1. The molecule has 1 aromatic rings. The maximum atomic E-state index is 13.3. The minimum Gasteiger partial charge on any atom is -0.493 e. The summed E-state index contributed by atoms with van der Waals surface area (Å²) in [7, 11) is 2.54. The fourth-order valence-corrected chi connectivity index (χ4v) is 1.02. The summed E-state index contributed by atoms with van der Waals surface area (Å²) in [6.45, 7) is 0. The van der Waals surface area contributed by atoms with Crippen LogP contribution >= 0.6 is 0 Å². The van der Waals surface area contributed by atoms with Gasteiger partial charge in [-0.05, 0) is 6.07 Å².